The van der Waals surface area contributed by atoms with Crippen LogP contribution in [-0.2, 0) is 0 Å². The summed E-state index contributed by atoms with van der Waals surface area (Å²) < 4.78 is 0. The van der Waals surface area contributed by atoms with Crippen LogP contribution in [0.1, 0.15) is 23.5 Å². The van der Waals surface area contributed by atoms with Crippen molar-refractivity contribution in [3.05, 3.63) is 52.5 Å². The molecule has 2 aromatic heterocycles. The fourth-order valence-electron chi connectivity index (χ4n) is 3.45. The first-order valence-corrected chi connectivity index (χ1v) is 9.35. The fraction of sp³-hybridized carbons (Fsp3) is 0.368. The van der Waals surface area contributed by atoms with Crippen molar-refractivity contribution in [2.24, 2.45) is 0 Å². The Hall–Kier alpha value is -1.98. The molecule has 1 fully saturated rings. The van der Waals surface area contributed by atoms with Gasteiger partial charge in [0.05, 0.1) is 11.6 Å². The topological polar surface area (TPSA) is 32.3 Å². The summed E-state index contributed by atoms with van der Waals surface area (Å²) in [5.41, 5.74) is 2.34. The van der Waals surface area contributed by atoms with E-state index in [2.05, 4.69) is 64.3 Å². The van der Waals surface area contributed by atoms with E-state index in [1.807, 2.05) is 6.20 Å². The molecule has 0 N–H and O–H groups in total. The highest BCUT2D eigenvalue weighted by molar-refractivity contribution is 7.09. The van der Waals surface area contributed by atoms with Crippen molar-refractivity contribution in [3.8, 4) is 0 Å². The molecule has 4 nitrogen and oxygen atoms in total. The maximum absolute atomic E-state index is 4.92. The van der Waals surface area contributed by atoms with Gasteiger partial charge < -0.3 is 4.90 Å². The molecule has 1 aliphatic heterocycles. The summed E-state index contributed by atoms with van der Waals surface area (Å²) in [6, 6.07) is 11.0. The molecule has 1 atom stereocenters. The summed E-state index contributed by atoms with van der Waals surface area (Å²) >= 11 is 1.75. The second-order valence-electron chi connectivity index (χ2n) is 6.39. The van der Waals surface area contributed by atoms with Gasteiger partial charge in [-0.25, -0.2) is 9.97 Å². The minimum absolute atomic E-state index is 0.401. The molecule has 1 unspecified atom stereocenters. The van der Waals surface area contributed by atoms with Crippen LogP contribution >= 0.6 is 11.3 Å². The molecule has 0 spiro atoms. The average molecular weight is 338 g/mol. The van der Waals surface area contributed by atoms with Crippen LogP contribution in [0.25, 0.3) is 10.9 Å². The molecular formula is C19H22N4S. The SMILES string of the molecule is Cc1cc2ccccc2nc1N1CCN(C(C)c2nccs2)CC1. The lowest BCUT2D eigenvalue weighted by Gasteiger charge is -2.38. The average Bonchev–Trinajstić information content (AvgIpc) is 3.15. The number of hydrogen-bond donors (Lipinski definition) is 0. The van der Waals surface area contributed by atoms with Crippen molar-refractivity contribution in [2.75, 3.05) is 31.1 Å². The van der Waals surface area contributed by atoms with Gasteiger partial charge in [-0.15, -0.1) is 11.3 Å². The molecule has 0 aliphatic carbocycles. The first kappa shape index (κ1) is 15.5. The zero-order chi connectivity index (χ0) is 16.5. The van der Waals surface area contributed by atoms with Gasteiger partial charge in [0.1, 0.15) is 10.8 Å². The van der Waals surface area contributed by atoms with Crippen molar-refractivity contribution >= 4 is 28.1 Å². The predicted octanol–water partition coefficient (Wildman–Crippen LogP) is 3.88. The zero-order valence-electron chi connectivity index (χ0n) is 14.1. The molecule has 0 bridgehead atoms. The van der Waals surface area contributed by atoms with Gasteiger partial charge in [0.25, 0.3) is 0 Å². The number of rotatable bonds is 3. The Balaban J connectivity index is 1.50. The maximum Gasteiger partial charge on any atom is 0.132 e. The number of benzene rings is 1. The first-order valence-electron chi connectivity index (χ1n) is 8.47. The lowest BCUT2D eigenvalue weighted by molar-refractivity contribution is 0.198. The Labute approximate surface area is 146 Å². The largest absolute Gasteiger partial charge is 0.354 e. The molecule has 0 radical (unpaired) electrons. The minimum Gasteiger partial charge on any atom is -0.354 e. The van der Waals surface area contributed by atoms with Gasteiger partial charge in [0.15, 0.2) is 0 Å². The Morgan fingerprint density at radius 2 is 1.92 bits per heavy atom. The van der Waals surface area contributed by atoms with E-state index in [-0.39, 0.29) is 0 Å². The van der Waals surface area contributed by atoms with Crippen LogP contribution in [0.3, 0.4) is 0 Å². The van der Waals surface area contributed by atoms with Crippen molar-refractivity contribution in [1.29, 1.82) is 0 Å². The Kier molecular flexibility index (Phi) is 4.21. The van der Waals surface area contributed by atoms with Gasteiger partial charge in [-0.1, -0.05) is 18.2 Å². The third kappa shape index (κ3) is 2.89. The first-order chi connectivity index (χ1) is 11.7. The van der Waals surface area contributed by atoms with E-state index in [0.29, 0.717) is 6.04 Å². The maximum atomic E-state index is 4.92. The summed E-state index contributed by atoms with van der Waals surface area (Å²) in [5, 5.41) is 4.49. The number of aromatic nitrogens is 2. The number of thiazole rings is 1. The highest BCUT2D eigenvalue weighted by Gasteiger charge is 2.24. The summed E-state index contributed by atoms with van der Waals surface area (Å²) in [5.74, 6) is 1.13. The monoisotopic (exact) mass is 338 g/mol. The van der Waals surface area contributed by atoms with E-state index < -0.39 is 0 Å². The fourth-order valence-corrected chi connectivity index (χ4v) is 4.18. The molecule has 24 heavy (non-hydrogen) atoms. The molecule has 3 aromatic rings. The number of nitrogens with zero attached hydrogens (tertiary/aromatic N) is 4. The van der Waals surface area contributed by atoms with E-state index in [1.54, 1.807) is 11.3 Å². The van der Waals surface area contributed by atoms with Gasteiger partial charge in [0.2, 0.25) is 0 Å². The molecule has 4 rings (SSSR count). The highest BCUT2D eigenvalue weighted by Crippen LogP contribution is 2.27. The third-order valence-corrected chi connectivity index (χ3v) is 5.80. The van der Waals surface area contributed by atoms with Crippen LogP contribution in [0.2, 0.25) is 0 Å². The summed E-state index contributed by atoms with van der Waals surface area (Å²) in [4.78, 5) is 14.3. The minimum atomic E-state index is 0.401. The number of aryl methyl sites for hydroxylation is 1. The predicted molar refractivity (Wildman–Crippen MR) is 101 cm³/mol. The lowest BCUT2D eigenvalue weighted by Crippen LogP contribution is -2.47. The zero-order valence-corrected chi connectivity index (χ0v) is 15.0. The van der Waals surface area contributed by atoms with Crippen LogP contribution in [-0.4, -0.2) is 41.0 Å². The summed E-state index contributed by atoms with van der Waals surface area (Å²) in [7, 11) is 0. The van der Waals surface area contributed by atoms with Crippen molar-refractivity contribution in [2.45, 2.75) is 19.9 Å². The normalized spacial score (nSPS) is 17.3. The standard InChI is InChI=1S/C19H22N4S/c1-14-13-16-5-3-4-6-17(16)21-18(14)23-10-8-22(9-11-23)15(2)19-20-7-12-24-19/h3-7,12-13,15H,8-11H2,1-2H3. The lowest BCUT2D eigenvalue weighted by atomic mass is 10.1. The van der Waals surface area contributed by atoms with Crippen molar-refractivity contribution in [1.82, 2.24) is 14.9 Å². The molecule has 0 saturated carbocycles. The third-order valence-electron chi connectivity index (χ3n) is 4.86. The summed E-state index contributed by atoms with van der Waals surface area (Å²) in [6.45, 7) is 8.56. The summed E-state index contributed by atoms with van der Waals surface area (Å²) in [6.07, 6.45) is 1.90. The van der Waals surface area contributed by atoms with Crippen LogP contribution < -0.4 is 4.90 Å². The van der Waals surface area contributed by atoms with Gasteiger partial charge in [-0.2, -0.15) is 0 Å². The van der Waals surface area contributed by atoms with Crippen LogP contribution in [0, 0.1) is 6.92 Å². The number of pyridine rings is 1. The Bertz CT molecular complexity index is 823. The number of para-hydroxylation sites is 1. The number of fused-ring (bicyclic) bond motifs is 1. The van der Waals surface area contributed by atoms with Gasteiger partial charge in [-0.05, 0) is 31.5 Å². The number of anilines is 1. The Morgan fingerprint density at radius 1 is 1.12 bits per heavy atom. The van der Waals surface area contributed by atoms with E-state index >= 15 is 0 Å². The molecule has 0 amide bonds. The highest BCUT2D eigenvalue weighted by atomic mass is 32.1. The molecule has 3 heterocycles. The number of hydrogen-bond acceptors (Lipinski definition) is 5. The number of piperazine rings is 1. The Morgan fingerprint density at radius 3 is 2.67 bits per heavy atom. The molecule has 5 heteroatoms. The van der Waals surface area contributed by atoms with Crippen LogP contribution in [0.4, 0.5) is 5.82 Å². The quantitative estimate of drug-likeness (QED) is 0.725. The molecule has 1 saturated heterocycles. The van der Waals surface area contributed by atoms with E-state index in [9.17, 15) is 0 Å². The second kappa shape index (κ2) is 6.49. The van der Waals surface area contributed by atoms with E-state index in [4.69, 9.17) is 4.98 Å². The van der Waals surface area contributed by atoms with Gasteiger partial charge >= 0.3 is 0 Å². The van der Waals surface area contributed by atoms with Crippen LogP contribution in [0.15, 0.2) is 41.9 Å². The van der Waals surface area contributed by atoms with Crippen molar-refractivity contribution < 1.29 is 0 Å². The second-order valence-corrected chi connectivity index (χ2v) is 7.32. The van der Waals surface area contributed by atoms with Crippen LogP contribution in [0.5, 0.6) is 0 Å². The van der Waals surface area contributed by atoms with Gasteiger partial charge in [-0.3, -0.25) is 4.90 Å². The molecule has 1 aromatic carbocycles. The van der Waals surface area contributed by atoms with Crippen molar-refractivity contribution in [3.63, 3.8) is 0 Å². The van der Waals surface area contributed by atoms with Gasteiger partial charge in [0, 0.05) is 43.1 Å². The smallest absolute Gasteiger partial charge is 0.132 e. The van der Waals surface area contributed by atoms with E-state index in [1.165, 1.54) is 16.0 Å². The molecule has 124 valence electrons. The molecule has 1 aliphatic rings. The molecular weight excluding hydrogens is 316 g/mol. The van der Waals surface area contributed by atoms with E-state index in [0.717, 1.165) is 37.5 Å².